The van der Waals surface area contributed by atoms with Crippen LogP contribution in [0.15, 0.2) is 48.7 Å². The number of aromatic nitrogens is 1. The minimum absolute atomic E-state index is 0. The van der Waals surface area contributed by atoms with Crippen molar-refractivity contribution in [3.63, 3.8) is 0 Å². The number of pyridine rings is 1. The first-order valence-corrected chi connectivity index (χ1v) is 5.38. The summed E-state index contributed by atoms with van der Waals surface area (Å²) in [5.41, 5.74) is 1.07. The van der Waals surface area contributed by atoms with E-state index in [1.165, 1.54) is 0 Å². The smallest absolute Gasteiger partial charge is 0.193 e. The number of nitrogens with zero attached hydrogens (tertiary/aromatic N) is 1. The summed E-state index contributed by atoms with van der Waals surface area (Å²) in [4.78, 5) is 19.7. The Hall–Kier alpha value is -1.72. The normalized spacial score (nSPS) is 9.53. The average Bonchev–Trinajstić information content (AvgIpc) is 2.41. The summed E-state index contributed by atoms with van der Waals surface area (Å²) >= 11 is 0. The maximum Gasteiger partial charge on any atom is 0.193 e. The van der Waals surface area contributed by atoms with Crippen molar-refractivity contribution in [2.24, 2.45) is 0 Å². The maximum atomic E-state index is 11.7. The first kappa shape index (κ1) is 15.3. The fraction of sp³-hybridized carbons (Fsp3) is 0.0769. The molecule has 1 aromatic carbocycles. The number of para-hydroxylation sites is 1. The molecule has 0 atom stereocenters. The zero-order valence-corrected chi connectivity index (χ0v) is 10.8. The molecular weight excluding hydrogens is 296 g/mol. The Kier molecular flexibility index (Phi) is 6.18. The van der Waals surface area contributed by atoms with Crippen LogP contribution in [0.5, 0.6) is 0 Å². The molecule has 1 radical (unpaired) electrons. The fourth-order valence-corrected chi connectivity index (χ4v) is 1.55. The Labute approximate surface area is 121 Å². The van der Waals surface area contributed by atoms with Crippen molar-refractivity contribution in [3.05, 3.63) is 54.2 Å². The second-order valence-corrected chi connectivity index (χ2v) is 3.58. The van der Waals surface area contributed by atoms with Crippen molar-refractivity contribution in [2.45, 2.75) is 0 Å². The molecule has 0 aliphatic carbocycles. The molecule has 1 heterocycles. The van der Waals surface area contributed by atoms with Crippen LogP contribution in [0.25, 0.3) is 0 Å². The van der Waals surface area contributed by atoms with Crippen LogP contribution in [0.1, 0.15) is 10.4 Å². The van der Waals surface area contributed by atoms with Crippen molar-refractivity contribution in [3.8, 4) is 0 Å². The summed E-state index contributed by atoms with van der Waals surface area (Å²) in [5, 5.41) is 11.4. The van der Waals surface area contributed by atoms with E-state index in [0.717, 1.165) is 0 Å². The summed E-state index contributed by atoms with van der Waals surface area (Å²) < 4.78 is 0. The minimum atomic E-state index is -0.374. The summed E-state index contributed by atoms with van der Waals surface area (Å²) in [6.07, 6.45) is 1.66. The third kappa shape index (κ3) is 4.15. The van der Waals surface area contributed by atoms with Crippen LogP contribution in [-0.2, 0) is 22.0 Å². The van der Waals surface area contributed by atoms with Crippen molar-refractivity contribution in [1.29, 1.82) is 0 Å². The van der Waals surface area contributed by atoms with Gasteiger partial charge in [-0.05, 0) is 24.3 Å². The fourth-order valence-electron chi connectivity index (χ4n) is 1.55. The van der Waals surface area contributed by atoms with Crippen LogP contribution in [0.3, 0.4) is 0 Å². The molecule has 0 saturated heterocycles. The second-order valence-electron chi connectivity index (χ2n) is 3.58. The molecule has 0 aliphatic rings. The van der Waals surface area contributed by atoms with Gasteiger partial charge in [-0.15, -0.1) is 0 Å². The molecule has 19 heavy (non-hydrogen) atoms. The largest absolute Gasteiger partial charge is 0.340 e. The van der Waals surface area contributed by atoms with Gasteiger partial charge in [0.15, 0.2) is 5.78 Å². The van der Waals surface area contributed by atoms with E-state index in [1.807, 2.05) is 18.2 Å². The Morgan fingerprint density at radius 2 is 1.95 bits per heavy atom. The van der Waals surface area contributed by atoms with Gasteiger partial charge in [-0.3, -0.25) is 10.1 Å². The predicted octanol–water partition coefficient (Wildman–Crippen LogP) is 2.50. The number of Topliss-reactive ketones (excluding diaryl/α,β-unsaturated/α-hetero) is 1. The van der Waals surface area contributed by atoms with Gasteiger partial charge in [-0.1, -0.05) is 18.2 Å². The van der Waals surface area contributed by atoms with E-state index in [1.54, 1.807) is 30.5 Å². The van der Waals surface area contributed by atoms with E-state index < -0.39 is 0 Å². The van der Waals surface area contributed by atoms with E-state index >= 15 is 0 Å². The van der Waals surface area contributed by atoms with Gasteiger partial charge in [0.05, 0.1) is 5.69 Å². The Balaban J connectivity index is 0.00000180. The first-order chi connectivity index (χ1) is 8.81. The molecule has 0 amide bonds. The predicted molar refractivity (Wildman–Crippen MR) is 66.9 cm³/mol. The van der Waals surface area contributed by atoms with Crippen LogP contribution >= 0.6 is 0 Å². The molecule has 0 spiro atoms. The molecule has 2 rings (SSSR count). The van der Waals surface area contributed by atoms with Gasteiger partial charge in [-0.25, -0.2) is 9.87 Å². The van der Waals surface area contributed by atoms with Gasteiger partial charge in [0.25, 0.3) is 0 Å². The quantitative estimate of drug-likeness (QED) is 0.384. The van der Waals surface area contributed by atoms with Gasteiger partial charge in [0, 0.05) is 28.8 Å². The molecule has 0 bridgehead atoms. The van der Waals surface area contributed by atoms with Gasteiger partial charge in [-0.2, -0.15) is 0 Å². The van der Waals surface area contributed by atoms with Gasteiger partial charge in [0.2, 0.25) is 0 Å². The van der Waals surface area contributed by atoms with Crippen molar-refractivity contribution in [1.82, 2.24) is 4.98 Å². The number of ketones is 1. The number of anilines is 2. The second kappa shape index (κ2) is 7.66. The van der Waals surface area contributed by atoms with E-state index in [0.29, 0.717) is 17.1 Å². The van der Waals surface area contributed by atoms with E-state index in [9.17, 15) is 4.79 Å². The standard InChI is InChI=1S/C13H12N2O3.Cu/c16-12(9-18-17)10-5-1-2-6-11(10)15-13-7-3-4-8-14-13;/h1-8,17H,9H2,(H,14,15);. The topological polar surface area (TPSA) is 71.5 Å². The van der Waals surface area contributed by atoms with Gasteiger partial charge in [0.1, 0.15) is 12.4 Å². The Morgan fingerprint density at radius 3 is 2.63 bits per heavy atom. The summed E-state index contributed by atoms with van der Waals surface area (Å²) in [5.74, 6) is 0.333. The van der Waals surface area contributed by atoms with Crippen molar-refractivity contribution < 1.29 is 32.0 Å². The number of benzene rings is 1. The zero-order chi connectivity index (χ0) is 12.8. The molecule has 103 valence electrons. The first-order valence-electron chi connectivity index (χ1n) is 5.38. The molecule has 1 aromatic heterocycles. The molecule has 0 saturated carbocycles. The molecule has 2 aromatic rings. The minimum Gasteiger partial charge on any atom is -0.340 e. The Bertz CT molecular complexity index is 534. The van der Waals surface area contributed by atoms with Crippen LogP contribution in [0.2, 0.25) is 0 Å². The van der Waals surface area contributed by atoms with Crippen LogP contribution in [-0.4, -0.2) is 22.6 Å². The number of nitrogens with one attached hydrogen (secondary N) is 1. The molecule has 2 N–H and O–H groups in total. The number of carbonyl (C=O) groups is 1. The molecule has 0 aliphatic heterocycles. The Morgan fingerprint density at radius 1 is 1.21 bits per heavy atom. The molecule has 0 unspecified atom stereocenters. The SMILES string of the molecule is O=C(COO)c1ccccc1Nc1ccccn1.[Cu]. The third-order valence-corrected chi connectivity index (χ3v) is 2.35. The van der Waals surface area contributed by atoms with Gasteiger partial charge >= 0.3 is 0 Å². The molecular formula is C13H12CuN2O3. The van der Waals surface area contributed by atoms with Gasteiger partial charge < -0.3 is 5.32 Å². The average molecular weight is 308 g/mol. The molecule has 5 nitrogen and oxygen atoms in total. The summed E-state index contributed by atoms with van der Waals surface area (Å²) in [6.45, 7) is -0.374. The van der Waals surface area contributed by atoms with Crippen molar-refractivity contribution >= 4 is 17.3 Å². The van der Waals surface area contributed by atoms with Crippen LogP contribution < -0.4 is 5.32 Å². The van der Waals surface area contributed by atoms with Crippen LogP contribution in [0, 0.1) is 0 Å². The van der Waals surface area contributed by atoms with Crippen molar-refractivity contribution in [2.75, 3.05) is 11.9 Å². The number of hydrogen-bond donors (Lipinski definition) is 2. The summed E-state index contributed by atoms with van der Waals surface area (Å²) in [6, 6.07) is 12.4. The molecule has 0 fully saturated rings. The van der Waals surface area contributed by atoms with E-state index in [4.69, 9.17) is 5.26 Å². The number of rotatable bonds is 5. The monoisotopic (exact) mass is 307 g/mol. The summed E-state index contributed by atoms with van der Waals surface area (Å²) in [7, 11) is 0. The number of carbonyl (C=O) groups excluding carboxylic acids is 1. The van der Waals surface area contributed by atoms with E-state index in [-0.39, 0.29) is 29.5 Å². The molecule has 6 heteroatoms. The van der Waals surface area contributed by atoms with E-state index in [2.05, 4.69) is 15.2 Å². The van der Waals surface area contributed by atoms with Crippen LogP contribution in [0.4, 0.5) is 11.5 Å². The zero-order valence-electron chi connectivity index (χ0n) is 9.84. The third-order valence-electron chi connectivity index (χ3n) is 2.35. The number of hydrogen-bond acceptors (Lipinski definition) is 5. The maximum absolute atomic E-state index is 11.7.